The van der Waals surface area contributed by atoms with Crippen LogP contribution >= 0.6 is 0 Å². The number of aryl methyl sites for hydroxylation is 1. The minimum absolute atomic E-state index is 0.0222. The molecule has 2 aromatic carbocycles. The molecule has 6 nitrogen and oxygen atoms in total. The maximum atomic E-state index is 12.8. The van der Waals surface area contributed by atoms with Gasteiger partial charge in [-0.15, -0.1) is 0 Å². The first kappa shape index (κ1) is 19.1. The maximum Gasteiger partial charge on any atom is 0.260 e. The van der Waals surface area contributed by atoms with E-state index in [1.54, 1.807) is 4.90 Å². The summed E-state index contributed by atoms with van der Waals surface area (Å²) >= 11 is 0. The zero-order valence-corrected chi connectivity index (χ0v) is 16.5. The van der Waals surface area contributed by atoms with Crippen LogP contribution in [0.15, 0.2) is 60.8 Å². The molecule has 1 aliphatic heterocycles. The molecule has 1 aliphatic rings. The fourth-order valence-corrected chi connectivity index (χ4v) is 3.79. The number of amides is 2. The Balaban J connectivity index is 1.29. The molecule has 0 aliphatic carbocycles. The molecule has 2 amide bonds. The Morgan fingerprint density at radius 2 is 1.79 bits per heavy atom. The lowest BCUT2D eigenvalue weighted by molar-refractivity contribution is -0.136. The molecule has 1 N–H and O–H groups in total. The molecule has 1 aromatic heterocycles. The van der Waals surface area contributed by atoms with Crippen LogP contribution in [0.2, 0.25) is 0 Å². The molecule has 0 atom stereocenters. The van der Waals surface area contributed by atoms with Crippen molar-refractivity contribution in [3.63, 3.8) is 0 Å². The molecule has 0 bridgehead atoms. The molecular formula is C23H25N3O3. The van der Waals surface area contributed by atoms with Crippen molar-refractivity contribution < 1.29 is 14.3 Å². The molecule has 6 heteroatoms. The number of para-hydroxylation sites is 1. The highest BCUT2D eigenvalue weighted by molar-refractivity contribution is 6.02. The monoisotopic (exact) mass is 391 g/mol. The van der Waals surface area contributed by atoms with Gasteiger partial charge in [-0.25, -0.2) is 0 Å². The predicted octanol–water partition coefficient (Wildman–Crippen LogP) is 3.43. The second-order valence-electron chi connectivity index (χ2n) is 7.41. The smallest absolute Gasteiger partial charge is 0.260 e. The summed E-state index contributed by atoms with van der Waals surface area (Å²) in [5.74, 6) is 0.578. The van der Waals surface area contributed by atoms with Crippen LogP contribution in [0.3, 0.4) is 0 Å². The molecular weight excluding hydrogens is 366 g/mol. The van der Waals surface area contributed by atoms with Gasteiger partial charge in [0.2, 0.25) is 5.91 Å². The molecule has 0 spiro atoms. The number of ether oxygens (including phenoxy) is 1. The van der Waals surface area contributed by atoms with Crippen LogP contribution in [0.5, 0.6) is 5.75 Å². The molecule has 150 valence electrons. The van der Waals surface area contributed by atoms with Gasteiger partial charge in [0.1, 0.15) is 5.75 Å². The van der Waals surface area contributed by atoms with Gasteiger partial charge in [0.25, 0.3) is 5.91 Å². The fraction of sp³-hybridized carbons (Fsp3) is 0.304. The molecule has 1 saturated heterocycles. The standard InChI is InChI=1S/C23H25N3O3/c1-25-13-12-19-20(8-5-9-21(19)25)24-23(28)17-10-14-26(15-11-17)22(27)16-29-18-6-3-2-4-7-18/h2-9,12-13,17H,10-11,14-16H2,1H3,(H,24,28). The first-order chi connectivity index (χ1) is 14.1. The van der Waals surface area contributed by atoms with E-state index in [0.29, 0.717) is 31.7 Å². The zero-order chi connectivity index (χ0) is 20.2. The summed E-state index contributed by atoms with van der Waals surface area (Å²) in [5.41, 5.74) is 1.92. The molecule has 0 saturated carbocycles. The molecule has 4 rings (SSSR count). The van der Waals surface area contributed by atoms with Crippen LogP contribution in [0.4, 0.5) is 5.69 Å². The summed E-state index contributed by atoms with van der Waals surface area (Å²) in [4.78, 5) is 26.9. The van der Waals surface area contributed by atoms with Crippen LogP contribution < -0.4 is 10.1 Å². The van der Waals surface area contributed by atoms with Gasteiger partial charge in [0.15, 0.2) is 6.61 Å². The number of nitrogens with zero attached hydrogens (tertiary/aromatic N) is 2. The Morgan fingerprint density at radius 3 is 2.55 bits per heavy atom. The van der Waals surface area contributed by atoms with Crippen molar-refractivity contribution in [2.75, 3.05) is 25.0 Å². The van der Waals surface area contributed by atoms with E-state index >= 15 is 0 Å². The van der Waals surface area contributed by atoms with Crippen molar-refractivity contribution in [2.24, 2.45) is 13.0 Å². The van der Waals surface area contributed by atoms with Crippen molar-refractivity contribution in [1.29, 1.82) is 0 Å². The SMILES string of the molecule is Cn1ccc2c(NC(=O)C3CCN(C(=O)COc4ccccc4)CC3)cccc21. The average molecular weight is 391 g/mol. The van der Waals surface area contributed by atoms with E-state index in [4.69, 9.17) is 4.74 Å². The number of hydrogen-bond donors (Lipinski definition) is 1. The quantitative estimate of drug-likeness (QED) is 0.725. The Labute approximate surface area is 170 Å². The van der Waals surface area contributed by atoms with Gasteiger partial charge < -0.3 is 19.5 Å². The molecule has 2 heterocycles. The van der Waals surface area contributed by atoms with Gasteiger partial charge >= 0.3 is 0 Å². The highest BCUT2D eigenvalue weighted by atomic mass is 16.5. The number of anilines is 1. The van der Waals surface area contributed by atoms with E-state index in [9.17, 15) is 9.59 Å². The first-order valence-corrected chi connectivity index (χ1v) is 9.92. The van der Waals surface area contributed by atoms with Gasteiger partial charge in [-0.2, -0.15) is 0 Å². The number of likely N-dealkylation sites (tertiary alicyclic amines) is 1. The topological polar surface area (TPSA) is 63.6 Å². The first-order valence-electron chi connectivity index (χ1n) is 9.92. The van der Waals surface area contributed by atoms with Gasteiger partial charge in [-0.05, 0) is 43.2 Å². The van der Waals surface area contributed by atoms with Crippen molar-refractivity contribution in [3.8, 4) is 5.75 Å². The predicted molar refractivity (Wildman–Crippen MR) is 113 cm³/mol. The number of carbonyl (C=O) groups is 2. The summed E-state index contributed by atoms with van der Waals surface area (Å²) in [6.45, 7) is 1.17. The summed E-state index contributed by atoms with van der Waals surface area (Å²) in [7, 11) is 1.99. The molecule has 0 radical (unpaired) electrons. The summed E-state index contributed by atoms with van der Waals surface area (Å²) in [6, 6.07) is 17.2. The largest absolute Gasteiger partial charge is 0.484 e. The minimum atomic E-state index is -0.0898. The molecule has 3 aromatic rings. The van der Waals surface area contributed by atoms with Crippen molar-refractivity contribution >= 4 is 28.4 Å². The third kappa shape index (κ3) is 4.26. The molecule has 1 fully saturated rings. The highest BCUT2D eigenvalue weighted by Gasteiger charge is 2.27. The van der Waals surface area contributed by atoms with Gasteiger partial charge in [0, 0.05) is 43.2 Å². The lowest BCUT2D eigenvalue weighted by Gasteiger charge is -2.31. The van der Waals surface area contributed by atoms with Crippen molar-refractivity contribution in [2.45, 2.75) is 12.8 Å². The highest BCUT2D eigenvalue weighted by Crippen LogP contribution is 2.26. The van der Waals surface area contributed by atoms with Crippen LogP contribution in [0, 0.1) is 5.92 Å². The number of rotatable bonds is 5. The van der Waals surface area contributed by atoms with Crippen LogP contribution in [0.1, 0.15) is 12.8 Å². The number of fused-ring (bicyclic) bond motifs is 1. The number of aromatic nitrogens is 1. The van der Waals surface area contributed by atoms with Crippen LogP contribution in [-0.4, -0.2) is 41.0 Å². The number of hydrogen-bond acceptors (Lipinski definition) is 3. The second-order valence-corrected chi connectivity index (χ2v) is 7.41. The minimum Gasteiger partial charge on any atom is -0.484 e. The number of carbonyl (C=O) groups excluding carboxylic acids is 2. The van der Waals surface area contributed by atoms with Crippen LogP contribution in [0.25, 0.3) is 10.9 Å². The van der Waals surface area contributed by atoms with E-state index in [0.717, 1.165) is 16.6 Å². The van der Waals surface area contributed by atoms with Crippen LogP contribution in [-0.2, 0) is 16.6 Å². The van der Waals surface area contributed by atoms with E-state index < -0.39 is 0 Å². The summed E-state index contributed by atoms with van der Waals surface area (Å²) in [5, 5.41) is 4.11. The Morgan fingerprint density at radius 1 is 1.03 bits per heavy atom. The third-order valence-electron chi connectivity index (χ3n) is 5.51. The van der Waals surface area contributed by atoms with E-state index in [1.807, 2.05) is 72.4 Å². The Kier molecular flexibility index (Phi) is 5.51. The lowest BCUT2D eigenvalue weighted by atomic mass is 9.95. The normalized spacial score (nSPS) is 14.7. The number of nitrogens with one attached hydrogen (secondary N) is 1. The Hall–Kier alpha value is -3.28. The maximum absolute atomic E-state index is 12.8. The van der Waals surface area contributed by atoms with Gasteiger partial charge in [-0.3, -0.25) is 9.59 Å². The van der Waals surface area contributed by atoms with E-state index in [-0.39, 0.29) is 24.3 Å². The van der Waals surface area contributed by atoms with Gasteiger partial charge in [-0.1, -0.05) is 24.3 Å². The third-order valence-corrected chi connectivity index (χ3v) is 5.51. The molecule has 29 heavy (non-hydrogen) atoms. The molecule has 0 unspecified atom stereocenters. The second kappa shape index (κ2) is 8.39. The van der Waals surface area contributed by atoms with Crippen molar-refractivity contribution in [3.05, 3.63) is 60.8 Å². The Bertz CT molecular complexity index is 1000. The summed E-state index contributed by atoms with van der Waals surface area (Å²) in [6.07, 6.45) is 3.31. The lowest BCUT2D eigenvalue weighted by Crippen LogP contribution is -2.43. The van der Waals surface area contributed by atoms with E-state index in [1.165, 1.54) is 0 Å². The fourth-order valence-electron chi connectivity index (χ4n) is 3.79. The van der Waals surface area contributed by atoms with Gasteiger partial charge in [0.05, 0.1) is 5.69 Å². The summed E-state index contributed by atoms with van der Waals surface area (Å²) < 4.78 is 7.58. The average Bonchev–Trinajstić information content (AvgIpc) is 3.15. The zero-order valence-electron chi connectivity index (χ0n) is 16.5. The van der Waals surface area contributed by atoms with Crippen molar-refractivity contribution in [1.82, 2.24) is 9.47 Å². The number of piperidine rings is 1. The number of benzene rings is 2. The van der Waals surface area contributed by atoms with E-state index in [2.05, 4.69) is 5.32 Å².